The molecule has 0 saturated heterocycles. The van der Waals surface area contributed by atoms with Crippen LogP contribution in [0.4, 0.5) is 5.13 Å². The Bertz CT molecular complexity index is 929. The molecule has 2 heterocycles. The first-order chi connectivity index (χ1) is 12.6. The molecule has 1 N–H and O–H groups in total. The van der Waals surface area contributed by atoms with E-state index in [1.54, 1.807) is 20.1 Å². The zero-order valence-corrected chi connectivity index (χ0v) is 14.9. The number of esters is 1. The molecule has 3 rings (SSSR count). The van der Waals surface area contributed by atoms with Crippen molar-refractivity contribution >= 4 is 38.6 Å². The number of nitrogens with one attached hydrogen (secondary N) is 1. The molecule has 26 heavy (non-hydrogen) atoms. The Kier molecular flexibility index (Phi) is 5.37. The summed E-state index contributed by atoms with van der Waals surface area (Å²) in [5.41, 5.74) is 0.793. The van der Waals surface area contributed by atoms with Crippen LogP contribution in [0.25, 0.3) is 10.2 Å². The molecule has 1 aromatic carbocycles. The molecular formula is C17H16N4O4S. The first-order valence-corrected chi connectivity index (χ1v) is 8.64. The van der Waals surface area contributed by atoms with Gasteiger partial charge in [-0.3, -0.25) is 15.1 Å². The van der Waals surface area contributed by atoms with Crippen molar-refractivity contribution in [2.45, 2.75) is 19.4 Å². The lowest BCUT2D eigenvalue weighted by Gasteiger charge is -2.14. The van der Waals surface area contributed by atoms with E-state index >= 15 is 0 Å². The van der Waals surface area contributed by atoms with Crippen molar-refractivity contribution in [1.29, 1.82) is 0 Å². The monoisotopic (exact) mass is 372 g/mol. The summed E-state index contributed by atoms with van der Waals surface area (Å²) in [6, 6.07) is 5.45. The molecule has 0 bridgehead atoms. The van der Waals surface area contributed by atoms with Crippen LogP contribution in [0.15, 0.2) is 36.8 Å². The van der Waals surface area contributed by atoms with Crippen molar-refractivity contribution in [1.82, 2.24) is 15.0 Å². The van der Waals surface area contributed by atoms with Crippen molar-refractivity contribution in [2.75, 3.05) is 12.4 Å². The van der Waals surface area contributed by atoms with Crippen LogP contribution in [0.1, 0.15) is 23.8 Å². The van der Waals surface area contributed by atoms with Crippen molar-refractivity contribution in [2.24, 2.45) is 0 Å². The number of anilines is 1. The third-order valence-electron chi connectivity index (χ3n) is 3.51. The number of carbonyl (C=O) groups is 2. The fourth-order valence-corrected chi connectivity index (χ4v) is 3.08. The second-order valence-corrected chi connectivity index (χ2v) is 6.27. The standard InChI is InChI=1S/C17H16N4O4S/c1-3-13(25-16(23)12-9-18-6-7-19-12)15(22)21-17-20-11-5-4-10(24-2)8-14(11)26-17/h4-9,13H,3H2,1-2H3,(H,20,21,22). The van der Waals surface area contributed by atoms with Crippen LogP contribution in [0, 0.1) is 0 Å². The van der Waals surface area contributed by atoms with Crippen LogP contribution in [0.2, 0.25) is 0 Å². The Labute approximate surface area is 153 Å². The van der Waals surface area contributed by atoms with E-state index < -0.39 is 18.0 Å². The minimum absolute atomic E-state index is 0.0471. The minimum Gasteiger partial charge on any atom is -0.497 e. The highest BCUT2D eigenvalue weighted by Crippen LogP contribution is 2.29. The van der Waals surface area contributed by atoms with Gasteiger partial charge in [0.05, 0.1) is 23.5 Å². The van der Waals surface area contributed by atoms with Crippen LogP contribution >= 0.6 is 11.3 Å². The molecule has 8 nitrogen and oxygen atoms in total. The molecule has 0 spiro atoms. The highest BCUT2D eigenvalue weighted by atomic mass is 32.1. The molecule has 0 aliphatic rings. The maximum atomic E-state index is 12.4. The molecule has 0 saturated carbocycles. The SMILES string of the molecule is CCC(OC(=O)c1cnccn1)C(=O)Nc1nc2ccc(OC)cc2s1. The summed E-state index contributed by atoms with van der Waals surface area (Å²) in [6.07, 6.45) is 3.48. The van der Waals surface area contributed by atoms with Crippen molar-refractivity contribution in [3.63, 3.8) is 0 Å². The van der Waals surface area contributed by atoms with Gasteiger partial charge in [-0.25, -0.2) is 14.8 Å². The van der Waals surface area contributed by atoms with E-state index in [1.165, 1.54) is 29.9 Å². The topological polar surface area (TPSA) is 103 Å². The Morgan fingerprint density at radius 2 is 2.15 bits per heavy atom. The summed E-state index contributed by atoms with van der Waals surface area (Å²) in [4.78, 5) is 36.5. The van der Waals surface area contributed by atoms with Crippen molar-refractivity contribution in [3.8, 4) is 5.75 Å². The molecule has 0 aliphatic carbocycles. The van der Waals surface area contributed by atoms with Gasteiger partial charge in [-0.05, 0) is 24.6 Å². The van der Waals surface area contributed by atoms with E-state index in [0.29, 0.717) is 17.3 Å². The first-order valence-electron chi connectivity index (χ1n) is 7.83. The van der Waals surface area contributed by atoms with Gasteiger partial charge in [0, 0.05) is 12.4 Å². The van der Waals surface area contributed by atoms with Gasteiger partial charge in [0.1, 0.15) is 5.75 Å². The lowest BCUT2D eigenvalue weighted by molar-refractivity contribution is -0.124. The number of fused-ring (bicyclic) bond motifs is 1. The third-order valence-corrected chi connectivity index (χ3v) is 4.44. The maximum Gasteiger partial charge on any atom is 0.359 e. The summed E-state index contributed by atoms with van der Waals surface area (Å²) in [6.45, 7) is 1.75. The van der Waals surface area contributed by atoms with Gasteiger partial charge < -0.3 is 9.47 Å². The summed E-state index contributed by atoms with van der Waals surface area (Å²) < 4.78 is 11.3. The Morgan fingerprint density at radius 3 is 2.85 bits per heavy atom. The van der Waals surface area contributed by atoms with Gasteiger partial charge >= 0.3 is 5.97 Å². The maximum absolute atomic E-state index is 12.4. The zero-order valence-electron chi connectivity index (χ0n) is 14.1. The summed E-state index contributed by atoms with van der Waals surface area (Å²) in [5, 5.41) is 3.11. The van der Waals surface area contributed by atoms with Gasteiger partial charge in [-0.2, -0.15) is 0 Å². The van der Waals surface area contributed by atoms with Crippen LogP contribution in [-0.4, -0.2) is 40.0 Å². The Balaban J connectivity index is 1.70. The average Bonchev–Trinajstić information content (AvgIpc) is 3.07. The number of nitrogens with zero attached hydrogens (tertiary/aromatic N) is 3. The number of amides is 1. The predicted molar refractivity (Wildman–Crippen MR) is 96.3 cm³/mol. The number of benzene rings is 1. The number of hydrogen-bond donors (Lipinski definition) is 1. The quantitative estimate of drug-likeness (QED) is 0.663. The Hall–Kier alpha value is -3.07. The summed E-state index contributed by atoms with van der Waals surface area (Å²) in [7, 11) is 1.59. The number of methoxy groups -OCH3 is 1. The molecule has 0 radical (unpaired) electrons. The highest BCUT2D eigenvalue weighted by molar-refractivity contribution is 7.22. The van der Waals surface area contributed by atoms with Crippen LogP contribution < -0.4 is 10.1 Å². The van der Waals surface area contributed by atoms with E-state index in [1.807, 2.05) is 12.1 Å². The largest absolute Gasteiger partial charge is 0.497 e. The number of ether oxygens (including phenoxy) is 2. The summed E-state index contributed by atoms with van der Waals surface area (Å²) in [5.74, 6) is -0.437. The first kappa shape index (κ1) is 17.7. The van der Waals surface area contributed by atoms with Gasteiger partial charge in [0.25, 0.3) is 5.91 Å². The van der Waals surface area contributed by atoms with E-state index in [4.69, 9.17) is 9.47 Å². The van der Waals surface area contributed by atoms with Crippen LogP contribution in [-0.2, 0) is 9.53 Å². The molecule has 9 heteroatoms. The molecule has 2 aromatic heterocycles. The fourth-order valence-electron chi connectivity index (χ4n) is 2.19. The van der Waals surface area contributed by atoms with Crippen LogP contribution in [0.5, 0.6) is 5.75 Å². The summed E-state index contributed by atoms with van der Waals surface area (Å²) >= 11 is 1.31. The average molecular weight is 372 g/mol. The molecule has 1 amide bonds. The molecule has 3 aromatic rings. The fraction of sp³-hybridized carbons (Fsp3) is 0.235. The predicted octanol–water partition coefficient (Wildman–Crippen LogP) is 2.67. The minimum atomic E-state index is -0.953. The van der Waals surface area contributed by atoms with Gasteiger partial charge in [-0.1, -0.05) is 18.3 Å². The Morgan fingerprint density at radius 1 is 1.31 bits per heavy atom. The number of rotatable bonds is 6. The normalized spacial score (nSPS) is 11.8. The third kappa shape index (κ3) is 3.94. The number of aromatic nitrogens is 3. The second-order valence-electron chi connectivity index (χ2n) is 5.23. The molecule has 1 atom stereocenters. The molecule has 0 fully saturated rings. The number of thiazole rings is 1. The van der Waals surface area contributed by atoms with E-state index in [-0.39, 0.29) is 5.69 Å². The van der Waals surface area contributed by atoms with E-state index in [2.05, 4.69) is 20.3 Å². The molecule has 134 valence electrons. The van der Waals surface area contributed by atoms with E-state index in [0.717, 1.165) is 10.2 Å². The van der Waals surface area contributed by atoms with Gasteiger partial charge in [0.15, 0.2) is 16.9 Å². The van der Waals surface area contributed by atoms with Crippen LogP contribution in [0.3, 0.4) is 0 Å². The highest BCUT2D eigenvalue weighted by Gasteiger charge is 2.23. The molecular weight excluding hydrogens is 356 g/mol. The molecule has 0 aliphatic heterocycles. The lowest BCUT2D eigenvalue weighted by Crippen LogP contribution is -2.32. The van der Waals surface area contributed by atoms with Gasteiger partial charge in [-0.15, -0.1) is 0 Å². The number of hydrogen-bond acceptors (Lipinski definition) is 8. The van der Waals surface area contributed by atoms with Crippen molar-refractivity contribution < 1.29 is 19.1 Å². The van der Waals surface area contributed by atoms with E-state index in [9.17, 15) is 9.59 Å². The second kappa shape index (κ2) is 7.87. The molecule has 1 unspecified atom stereocenters. The lowest BCUT2D eigenvalue weighted by atomic mass is 10.2. The van der Waals surface area contributed by atoms with Gasteiger partial charge in [0.2, 0.25) is 0 Å². The van der Waals surface area contributed by atoms with Crippen molar-refractivity contribution in [3.05, 3.63) is 42.5 Å². The number of carbonyl (C=O) groups excluding carboxylic acids is 2. The smallest absolute Gasteiger partial charge is 0.359 e. The zero-order chi connectivity index (χ0) is 18.5.